The van der Waals surface area contributed by atoms with Gasteiger partial charge in [0, 0.05) is 7.05 Å². The van der Waals surface area contributed by atoms with E-state index in [-0.39, 0.29) is 6.54 Å². The van der Waals surface area contributed by atoms with Gasteiger partial charge in [-0.15, -0.1) is 10.2 Å². The minimum absolute atomic E-state index is 0.204. The van der Waals surface area contributed by atoms with Gasteiger partial charge in [-0.05, 0) is 6.92 Å². The standard InChI is InChI=1S/C9H12N6O2/c1-6(7-14-12-5-15(7)2)13-9(17)8(16)11-4-3-10/h5-6H,4H2,1-2H3,(H,11,16)(H,13,17). The SMILES string of the molecule is CC(NC(=O)C(=O)NCC#N)c1nncn1C. The fraction of sp³-hybridized carbons (Fsp3) is 0.444. The van der Waals surface area contributed by atoms with E-state index < -0.39 is 17.9 Å². The van der Waals surface area contributed by atoms with E-state index in [2.05, 4.69) is 20.8 Å². The number of nitriles is 1. The molecule has 8 nitrogen and oxygen atoms in total. The summed E-state index contributed by atoms with van der Waals surface area (Å²) in [4.78, 5) is 22.6. The number of aromatic nitrogens is 3. The Morgan fingerprint density at radius 1 is 1.59 bits per heavy atom. The second-order valence-corrected chi connectivity index (χ2v) is 3.34. The molecular weight excluding hydrogens is 224 g/mol. The Balaban J connectivity index is 2.55. The van der Waals surface area contributed by atoms with Crippen LogP contribution in [0.3, 0.4) is 0 Å². The van der Waals surface area contributed by atoms with Gasteiger partial charge in [-0.1, -0.05) is 0 Å². The quantitative estimate of drug-likeness (QED) is 0.496. The van der Waals surface area contributed by atoms with Crippen LogP contribution in [0.15, 0.2) is 6.33 Å². The van der Waals surface area contributed by atoms with E-state index in [9.17, 15) is 9.59 Å². The molecule has 0 spiro atoms. The van der Waals surface area contributed by atoms with Crippen molar-refractivity contribution < 1.29 is 9.59 Å². The van der Waals surface area contributed by atoms with E-state index in [0.29, 0.717) is 5.82 Å². The van der Waals surface area contributed by atoms with E-state index in [1.807, 2.05) is 0 Å². The highest BCUT2D eigenvalue weighted by Gasteiger charge is 2.18. The number of hydrogen-bond acceptors (Lipinski definition) is 5. The Bertz CT molecular complexity index is 460. The summed E-state index contributed by atoms with van der Waals surface area (Å²) in [5.41, 5.74) is 0. The number of nitrogens with zero attached hydrogens (tertiary/aromatic N) is 4. The molecule has 1 rings (SSSR count). The first-order chi connectivity index (χ1) is 8.06. The summed E-state index contributed by atoms with van der Waals surface area (Å²) in [7, 11) is 1.73. The van der Waals surface area contributed by atoms with Crippen LogP contribution in [0, 0.1) is 11.3 Å². The van der Waals surface area contributed by atoms with Crippen molar-refractivity contribution in [3.8, 4) is 6.07 Å². The molecule has 0 radical (unpaired) electrons. The van der Waals surface area contributed by atoms with Crippen molar-refractivity contribution in [1.82, 2.24) is 25.4 Å². The molecule has 2 amide bonds. The number of aryl methyl sites for hydroxylation is 1. The van der Waals surface area contributed by atoms with Crippen molar-refractivity contribution in [3.05, 3.63) is 12.2 Å². The average Bonchev–Trinajstić information content (AvgIpc) is 2.72. The third-order valence-electron chi connectivity index (χ3n) is 2.02. The highest BCUT2D eigenvalue weighted by molar-refractivity contribution is 6.35. The van der Waals surface area contributed by atoms with Gasteiger partial charge in [0.1, 0.15) is 12.9 Å². The van der Waals surface area contributed by atoms with Crippen LogP contribution < -0.4 is 10.6 Å². The van der Waals surface area contributed by atoms with Gasteiger partial charge >= 0.3 is 11.8 Å². The van der Waals surface area contributed by atoms with Crippen LogP contribution in [0.25, 0.3) is 0 Å². The van der Waals surface area contributed by atoms with E-state index >= 15 is 0 Å². The zero-order valence-electron chi connectivity index (χ0n) is 9.47. The maximum absolute atomic E-state index is 11.4. The molecule has 0 bridgehead atoms. The largest absolute Gasteiger partial charge is 0.338 e. The lowest BCUT2D eigenvalue weighted by molar-refractivity contribution is -0.139. The molecule has 1 aromatic rings. The molecule has 1 heterocycles. The lowest BCUT2D eigenvalue weighted by Gasteiger charge is -2.11. The van der Waals surface area contributed by atoms with Gasteiger partial charge in [-0.2, -0.15) is 5.26 Å². The summed E-state index contributed by atoms with van der Waals surface area (Å²) in [6.07, 6.45) is 1.49. The molecule has 0 saturated heterocycles. The first kappa shape index (κ1) is 12.6. The van der Waals surface area contributed by atoms with Crippen molar-refractivity contribution in [2.45, 2.75) is 13.0 Å². The van der Waals surface area contributed by atoms with Crippen LogP contribution in [0.2, 0.25) is 0 Å². The van der Waals surface area contributed by atoms with Crippen LogP contribution in [0.1, 0.15) is 18.8 Å². The van der Waals surface area contributed by atoms with Crippen LogP contribution in [0.4, 0.5) is 0 Å². The number of nitrogens with one attached hydrogen (secondary N) is 2. The van der Waals surface area contributed by atoms with Crippen LogP contribution in [-0.4, -0.2) is 33.1 Å². The third kappa shape index (κ3) is 3.27. The minimum Gasteiger partial charge on any atom is -0.338 e. The Morgan fingerprint density at radius 3 is 2.82 bits per heavy atom. The maximum Gasteiger partial charge on any atom is 0.310 e. The van der Waals surface area contributed by atoms with Crippen molar-refractivity contribution in [1.29, 1.82) is 5.26 Å². The number of rotatable bonds is 3. The van der Waals surface area contributed by atoms with Crippen molar-refractivity contribution in [3.63, 3.8) is 0 Å². The van der Waals surface area contributed by atoms with E-state index in [4.69, 9.17) is 5.26 Å². The molecule has 0 aliphatic heterocycles. The second-order valence-electron chi connectivity index (χ2n) is 3.34. The Morgan fingerprint density at radius 2 is 2.29 bits per heavy atom. The summed E-state index contributed by atoms with van der Waals surface area (Å²) in [5, 5.41) is 20.3. The summed E-state index contributed by atoms with van der Waals surface area (Å²) in [6.45, 7) is 1.48. The molecule has 0 aromatic carbocycles. The molecule has 0 aliphatic rings. The molecule has 8 heteroatoms. The molecular formula is C9H12N6O2. The number of carbonyl (C=O) groups excluding carboxylic acids is 2. The van der Waals surface area contributed by atoms with E-state index in [0.717, 1.165) is 0 Å². The topological polar surface area (TPSA) is 113 Å². The zero-order valence-corrected chi connectivity index (χ0v) is 9.47. The molecule has 1 unspecified atom stereocenters. The molecule has 90 valence electrons. The van der Waals surface area contributed by atoms with Gasteiger partial charge in [-0.25, -0.2) is 0 Å². The maximum atomic E-state index is 11.4. The van der Waals surface area contributed by atoms with Crippen LogP contribution in [-0.2, 0) is 16.6 Å². The van der Waals surface area contributed by atoms with Crippen molar-refractivity contribution in [2.75, 3.05) is 6.54 Å². The predicted molar refractivity (Wildman–Crippen MR) is 56.2 cm³/mol. The molecule has 1 aromatic heterocycles. The zero-order chi connectivity index (χ0) is 12.8. The molecule has 2 N–H and O–H groups in total. The van der Waals surface area contributed by atoms with Gasteiger partial charge in [0.15, 0.2) is 5.82 Å². The van der Waals surface area contributed by atoms with Crippen molar-refractivity contribution in [2.24, 2.45) is 7.05 Å². The van der Waals surface area contributed by atoms with Crippen LogP contribution >= 0.6 is 0 Å². The highest BCUT2D eigenvalue weighted by atomic mass is 16.2. The fourth-order valence-electron chi connectivity index (χ4n) is 1.21. The monoisotopic (exact) mass is 236 g/mol. The first-order valence-electron chi connectivity index (χ1n) is 4.85. The summed E-state index contributed by atoms with van der Waals surface area (Å²) in [6, 6.07) is 1.26. The summed E-state index contributed by atoms with van der Waals surface area (Å²) < 4.78 is 1.64. The van der Waals surface area contributed by atoms with Gasteiger partial charge < -0.3 is 15.2 Å². The Labute approximate surface area is 97.6 Å². The Kier molecular flexibility index (Phi) is 4.16. The molecule has 17 heavy (non-hydrogen) atoms. The normalized spacial score (nSPS) is 11.4. The molecule has 1 atom stereocenters. The van der Waals surface area contributed by atoms with Crippen molar-refractivity contribution >= 4 is 11.8 Å². The highest BCUT2D eigenvalue weighted by Crippen LogP contribution is 2.06. The van der Waals surface area contributed by atoms with Gasteiger partial charge in [0.05, 0.1) is 12.1 Å². The Hall–Kier alpha value is -2.43. The van der Waals surface area contributed by atoms with E-state index in [1.165, 1.54) is 6.33 Å². The third-order valence-corrected chi connectivity index (χ3v) is 2.02. The van der Waals surface area contributed by atoms with Gasteiger partial charge in [0.2, 0.25) is 0 Å². The average molecular weight is 236 g/mol. The fourth-order valence-corrected chi connectivity index (χ4v) is 1.21. The summed E-state index contributed by atoms with van der Waals surface area (Å²) in [5.74, 6) is -1.12. The predicted octanol–water partition coefficient (Wildman–Crippen LogP) is -1.37. The lowest BCUT2D eigenvalue weighted by atomic mass is 10.3. The molecule has 0 saturated carbocycles. The lowest BCUT2D eigenvalue weighted by Crippen LogP contribution is -2.41. The van der Waals surface area contributed by atoms with Gasteiger partial charge in [0.25, 0.3) is 0 Å². The number of amides is 2. The smallest absolute Gasteiger partial charge is 0.310 e. The minimum atomic E-state index is -0.847. The molecule has 0 fully saturated rings. The van der Waals surface area contributed by atoms with E-state index in [1.54, 1.807) is 24.6 Å². The number of carbonyl (C=O) groups is 2. The second kappa shape index (κ2) is 5.60. The molecule has 0 aliphatic carbocycles. The van der Waals surface area contributed by atoms with Gasteiger partial charge in [-0.3, -0.25) is 9.59 Å². The first-order valence-corrected chi connectivity index (χ1v) is 4.85. The summed E-state index contributed by atoms with van der Waals surface area (Å²) >= 11 is 0. The van der Waals surface area contributed by atoms with Crippen LogP contribution in [0.5, 0.6) is 0 Å². The number of hydrogen-bond donors (Lipinski definition) is 2.